The summed E-state index contributed by atoms with van der Waals surface area (Å²) >= 11 is 5.84. The Morgan fingerprint density at radius 2 is 2.30 bits per heavy atom. The van der Waals surface area contributed by atoms with E-state index < -0.39 is 4.92 Å². The number of benzene rings is 1. The number of carbonyl (C=O) groups excluding carboxylic acids is 1. The molecule has 1 heterocycles. The van der Waals surface area contributed by atoms with E-state index in [9.17, 15) is 14.9 Å². The number of amides is 1. The van der Waals surface area contributed by atoms with Gasteiger partial charge in [0.1, 0.15) is 5.56 Å². The van der Waals surface area contributed by atoms with E-state index in [0.29, 0.717) is 24.7 Å². The summed E-state index contributed by atoms with van der Waals surface area (Å²) < 4.78 is 0. The summed E-state index contributed by atoms with van der Waals surface area (Å²) in [7, 11) is 0. The summed E-state index contributed by atoms with van der Waals surface area (Å²) in [6, 6.07) is 4.01. The minimum Gasteiger partial charge on any atom is -0.338 e. The lowest BCUT2D eigenvalue weighted by molar-refractivity contribution is -0.385. The van der Waals surface area contributed by atoms with Gasteiger partial charge in [-0.3, -0.25) is 14.9 Å². The maximum absolute atomic E-state index is 12.5. The first-order valence-corrected chi connectivity index (χ1v) is 6.67. The Labute approximate surface area is 121 Å². The number of hydrogen-bond acceptors (Lipinski definition) is 4. The molecule has 108 valence electrons. The topological polar surface area (TPSA) is 89.5 Å². The predicted molar refractivity (Wildman–Crippen MR) is 75.8 cm³/mol. The molecule has 2 rings (SSSR count). The van der Waals surface area contributed by atoms with E-state index in [2.05, 4.69) is 0 Å². The minimum absolute atomic E-state index is 0.0313. The van der Waals surface area contributed by atoms with E-state index in [-0.39, 0.29) is 22.6 Å². The van der Waals surface area contributed by atoms with Crippen LogP contribution in [0, 0.1) is 15.5 Å². The largest absolute Gasteiger partial charge is 0.338 e. The average molecular weight is 298 g/mol. The lowest BCUT2D eigenvalue weighted by Gasteiger charge is -2.22. The maximum atomic E-state index is 12.5. The molecular formula is C13H16ClN3O3. The highest BCUT2D eigenvalue weighted by atomic mass is 35.5. The Morgan fingerprint density at radius 3 is 2.85 bits per heavy atom. The van der Waals surface area contributed by atoms with Crippen LogP contribution in [-0.4, -0.2) is 35.4 Å². The van der Waals surface area contributed by atoms with Gasteiger partial charge in [-0.05, 0) is 30.5 Å². The lowest BCUT2D eigenvalue weighted by Crippen LogP contribution is -2.34. The number of nitrogens with zero attached hydrogens (tertiary/aromatic N) is 2. The number of likely N-dealkylation sites (tertiary alicyclic amines) is 1. The number of halogens is 1. The quantitative estimate of drug-likeness (QED) is 0.683. The normalized spacial score (nSPS) is 22.1. The van der Waals surface area contributed by atoms with Crippen molar-refractivity contribution in [2.45, 2.75) is 13.3 Å². The molecule has 20 heavy (non-hydrogen) atoms. The highest BCUT2D eigenvalue weighted by Crippen LogP contribution is 2.31. The Kier molecular flexibility index (Phi) is 3.96. The molecule has 1 fully saturated rings. The first kappa shape index (κ1) is 14.7. The first-order valence-electron chi connectivity index (χ1n) is 6.29. The van der Waals surface area contributed by atoms with Crippen LogP contribution in [0.25, 0.3) is 0 Å². The molecule has 1 atom stereocenters. The summed E-state index contributed by atoms with van der Waals surface area (Å²) in [5.74, 6) is -0.364. The molecule has 0 bridgehead atoms. The first-order chi connectivity index (χ1) is 9.36. The van der Waals surface area contributed by atoms with Crippen LogP contribution in [0.5, 0.6) is 0 Å². The van der Waals surface area contributed by atoms with Gasteiger partial charge in [-0.1, -0.05) is 18.5 Å². The molecule has 0 spiro atoms. The van der Waals surface area contributed by atoms with Crippen molar-refractivity contribution in [1.82, 2.24) is 4.90 Å². The van der Waals surface area contributed by atoms with Gasteiger partial charge >= 0.3 is 0 Å². The van der Waals surface area contributed by atoms with Gasteiger partial charge in [0.2, 0.25) is 0 Å². The average Bonchev–Trinajstić information content (AvgIpc) is 2.81. The monoisotopic (exact) mass is 297 g/mol. The third kappa shape index (κ3) is 2.76. The zero-order valence-electron chi connectivity index (χ0n) is 11.1. The summed E-state index contributed by atoms with van der Waals surface area (Å²) in [6.45, 7) is 3.54. The predicted octanol–water partition coefficient (Wildman–Crippen LogP) is 2.06. The summed E-state index contributed by atoms with van der Waals surface area (Å²) in [5, 5.41) is 11.3. The van der Waals surface area contributed by atoms with E-state index in [1.54, 1.807) is 4.90 Å². The second kappa shape index (κ2) is 5.38. The zero-order valence-corrected chi connectivity index (χ0v) is 11.9. The summed E-state index contributed by atoms with van der Waals surface area (Å²) in [6.07, 6.45) is 0.795. The number of nitro benzene ring substituents is 1. The SMILES string of the molecule is CC1(CN)CCN(C(=O)c2cc(Cl)ccc2[N+](=O)[O-])C1. The Bertz CT molecular complexity index is 564. The smallest absolute Gasteiger partial charge is 0.282 e. The number of nitro groups is 1. The van der Waals surface area contributed by atoms with Crippen LogP contribution in [0.1, 0.15) is 23.7 Å². The van der Waals surface area contributed by atoms with Crippen molar-refractivity contribution < 1.29 is 9.72 Å². The number of carbonyl (C=O) groups is 1. The van der Waals surface area contributed by atoms with Crippen LogP contribution < -0.4 is 5.73 Å². The van der Waals surface area contributed by atoms with E-state index in [4.69, 9.17) is 17.3 Å². The maximum Gasteiger partial charge on any atom is 0.282 e. The van der Waals surface area contributed by atoms with Gasteiger partial charge in [0, 0.05) is 24.2 Å². The van der Waals surface area contributed by atoms with E-state index in [1.165, 1.54) is 18.2 Å². The van der Waals surface area contributed by atoms with Crippen LogP contribution in [-0.2, 0) is 0 Å². The van der Waals surface area contributed by atoms with E-state index in [0.717, 1.165) is 6.42 Å². The van der Waals surface area contributed by atoms with Crippen LogP contribution >= 0.6 is 11.6 Å². The third-order valence-electron chi connectivity index (χ3n) is 3.72. The molecule has 0 saturated carbocycles. The van der Waals surface area contributed by atoms with Crippen molar-refractivity contribution in [1.29, 1.82) is 0 Å². The number of hydrogen-bond donors (Lipinski definition) is 1. The van der Waals surface area contributed by atoms with Crippen LogP contribution in [0.15, 0.2) is 18.2 Å². The summed E-state index contributed by atoms with van der Waals surface area (Å²) in [5.41, 5.74) is 5.39. The van der Waals surface area contributed by atoms with Gasteiger partial charge in [0.05, 0.1) is 4.92 Å². The second-order valence-corrected chi connectivity index (χ2v) is 5.85. The Balaban J connectivity index is 2.30. The van der Waals surface area contributed by atoms with Crippen molar-refractivity contribution in [3.63, 3.8) is 0 Å². The molecule has 1 aromatic rings. The number of nitrogens with two attached hydrogens (primary N) is 1. The van der Waals surface area contributed by atoms with Crippen LogP contribution in [0.3, 0.4) is 0 Å². The fourth-order valence-electron chi connectivity index (χ4n) is 2.37. The molecular weight excluding hydrogens is 282 g/mol. The molecule has 1 amide bonds. The fraction of sp³-hybridized carbons (Fsp3) is 0.462. The van der Waals surface area contributed by atoms with Gasteiger partial charge < -0.3 is 10.6 Å². The third-order valence-corrected chi connectivity index (χ3v) is 3.96. The van der Waals surface area contributed by atoms with Crippen LogP contribution in [0.4, 0.5) is 5.69 Å². The molecule has 1 aliphatic rings. The van der Waals surface area contributed by atoms with Gasteiger partial charge in [0.15, 0.2) is 0 Å². The van der Waals surface area contributed by atoms with Crippen molar-refractivity contribution in [3.8, 4) is 0 Å². The van der Waals surface area contributed by atoms with Crippen LogP contribution in [0.2, 0.25) is 5.02 Å². The van der Waals surface area contributed by atoms with E-state index >= 15 is 0 Å². The molecule has 1 aliphatic heterocycles. The molecule has 6 nitrogen and oxygen atoms in total. The number of rotatable bonds is 3. The standard InChI is InChI=1S/C13H16ClN3O3/c1-13(7-15)4-5-16(8-13)12(18)10-6-9(14)2-3-11(10)17(19)20/h2-3,6H,4-5,7-8,15H2,1H3. The zero-order chi connectivity index (χ0) is 14.9. The molecule has 2 N–H and O–H groups in total. The molecule has 1 aromatic carbocycles. The van der Waals surface area contributed by atoms with Gasteiger partial charge in [-0.15, -0.1) is 0 Å². The van der Waals surface area contributed by atoms with Crippen molar-refractivity contribution in [2.75, 3.05) is 19.6 Å². The molecule has 0 aliphatic carbocycles. The van der Waals surface area contributed by atoms with Gasteiger partial charge in [-0.25, -0.2) is 0 Å². The molecule has 0 aromatic heterocycles. The highest BCUT2D eigenvalue weighted by Gasteiger charge is 2.36. The van der Waals surface area contributed by atoms with E-state index in [1.807, 2.05) is 6.92 Å². The molecule has 7 heteroatoms. The summed E-state index contributed by atoms with van der Waals surface area (Å²) in [4.78, 5) is 24.5. The molecule has 1 unspecified atom stereocenters. The van der Waals surface area contributed by atoms with Crippen molar-refractivity contribution in [2.24, 2.45) is 11.1 Å². The molecule has 0 radical (unpaired) electrons. The van der Waals surface area contributed by atoms with Crippen molar-refractivity contribution >= 4 is 23.2 Å². The second-order valence-electron chi connectivity index (χ2n) is 5.41. The molecule has 1 saturated heterocycles. The Hall–Kier alpha value is -1.66. The fourth-order valence-corrected chi connectivity index (χ4v) is 2.54. The van der Waals surface area contributed by atoms with Crippen molar-refractivity contribution in [3.05, 3.63) is 38.9 Å². The highest BCUT2D eigenvalue weighted by molar-refractivity contribution is 6.31. The van der Waals surface area contributed by atoms with Gasteiger partial charge in [0.25, 0.3) is 11.6 Å². The lowest BCUT2D eigenvalue weighted by atomic mass is 9.90. The Morgan fingerprint density at radius 1 is 1.60 bits per heavy atom. The van der Waals surface area contributed by atoms with Gasteiger partial charge in [-0.2, -0.15) is 0 Å². The minimum atomic E-state index is -0.568.